The molecule has 8 rings (SSSR count). The van der Waals surface area contributed by atoms with Gasteiger partial charge in [0.15, 0.2) is 23.1 Å². The first-order valence-corrected chi connectivity index (χ1v) is 14.4. The van der Waals surface area contributed by atoms with Crippen molar-refractivity contribution in [2.45, 2.75) is 31.3 Å². The molecule has 0 aromatic heterocycles. The molecule has 212 valence electrons. The Morgan fingerprint density at radius 3 is 2.44 bits per heavy atom. The molecule has 7 nitrogen and oxygen atoms in total. The number of Topliss-reactive ketones (excluding diaryl/α,β-unsaturated/α-hetero) is 2. The maximum absolute atomic E-state index is 15.0. The van der Waals surface area contributed by atoms with Crippen LogP contribution in [0.3, 0.4) is 0 Å². The van der Waals surface area contributed by atoms with Crippen LogP contribution in [0.2, 0.25) is 0 Å². The second-order valence-electron chi connectivity index (χ2n) is 11.7. The minimum absolute atomic E-state index is 0.0708. The molecule has 0 saturated carbocycles. The third-order valence-electron chi connectivity index (χ3n) is 9.40. The lowest BCUT2D eigenvalue weighted by Gasteiger charge is -2.39. The molecule has 4 aromatic rings. The van der Waals surface area contributed by atoms with Crippen LogP contribution in [0.1, 0.15) is 44.3 Å². The Bertz CT molecular complexity index is 1900. The number of hydrogen-bond acceptors (Lipinski definition) is 6. The summed E-state index contributed by atoms with van der Waals surface area (Å²) in [7, 11) is 0. The summed E-state index contributed by atoms with van der Waals surface area (Å²) < 4.78 is 11.1. The number of para-hydroxylation sites is 1. The monoisotopic (exact) mass is 568 g/mol. The Kier molecular flexibility index (Phi) is 5.44. The molecule has 1 amide bonds. The fourth-order valence-corrected chi connectivity index (χ4v) is 7.55. The topological polar surface area (TPSA) is 84.9 Å². The molecule has 1 saturated heterocycles. The number of ketones is 2. The number of carbonyl (C=O) groups excluding carboxylic acids is 3. The third kappa shape index (κ3) is 3.45. The fourth-order valence-electron chi connectivity index (χ4n) is 7.55. The van der Waals surface area contributed by atoms with Gasteiger partial charge in [0.1, 0.15) is 11.5 Å². The van der Waals surface area contributed by atoms with Gasteiger partial charge in [-0.1, -0.05) is 66.2 Å². The molecule has 4 aromatic carbocycles. The van der Waals surface area contributed by atoms with Crippen LogP contribution < -0.4 is 19.7 Å². The number of benzene rings is 4. The molecule has 4 aliphatic rings. The van der Waals surface area contributed by atoms with Crippen molar-refractivity contribution in [3.63, 3.8) is 0 Å². The van der Waals surface area contributed by atoms with E-state index in [1.54, 1.807) is 30.3 Å². The van der Waals surface area contributed by atoms with Gasteiger partial charge in [0.05, 0.1) is 12.0 Å². The normalized spacial score (nSPS) is 24.2. The first-order valence-electron chi connectivity index (χ1n) is 14.4. The average molecular weight is 569 g/mol. The predicted molar refractivity (Wildman–Crippen MR) is 163 cm³/mol. The van der Waals surface area contributed by atoms with E-state index in [2.05, 4.69) is 17.5 Å². The number of anilines is 2. The molecule has 43 heavy (non-hydrogen) atoms. The fraction of sp³-hybridized carbons (Fsp3) is 0.194. The van der Waals surface area contributed by atoms with Gasteiger partial charge in [-0.2, -0.15) is 0 Å². The lowest BCUT2D eigenvalue weighted by Crippen LogP contribution is -2.51. The van der Waals surface area contributed by atoms with Crippen molar-refractivity contribution in [1.82, 2.24) is 0 Å². The van der Waals surface area contributed by atoms with E-state index in [1.807, 2.05) is 73.3 Å². The molecule has 7 heteroatoms. The van der Waals surface area contributed by atoms with Crippen molar-refractivity contribution in [2.75, 3.05) is 17.0 Å². The summed E-state index contributed by atoms with van der Waals surface area (Å²) in [5.41, 5.74) is 4.76. The van der Waals surface area contributed by atoms with Crippen LogP contribution in [0.4, 0.5) is 11.4 Å². The average Bonchev–Trinajstić information content (AvgIpc) is 3.70. The van der Waals surface area contributed by atoms with Gasteiger partial charge in [-0.25, -0.2) is 0 Å². The number of ether oxygens (including phenoxy) is 2. The molecule has 0 aliphatic carbocycles. The molecule has 4 atom stereocenters. The molecular formula is C36H28N2O5. The van der Waals surface area contributed by atoms with Crippen molar-refractivity contribution in [3.8, 4) is 11.5 Å². The predicted octanol–water partition coefficient (Wildman–Crippen LogP) is 5.97. The second kappa shape index (κ2) is 9.16. The summed E-state index contributed by atoms with van der Waals surface area (Å²) in [6, 6.07) is 26.2. The van der Waals surface area contributed by atoms with Gasteiger partial charge in [0.25, 0.3) is 0 Å². The van der Waals surface area contributed by atoms with Gasteiger partial charge in [0.2, 0.25) is 12.7 Å². The summed E-state index contributed by atoms with van der Waals surface area (Å²) in [6.07, 6.45) is 2.07. The molecule has 0 bridgehead atoms. The Hall–Kier alpha value is -5.17. The van der Waals surface area contributed by atoms with Gasteiger partial charge >= 0.3 is 0 Å². The third-order valence-corrected chi connectivity index (χ3v) is 9.40. The zero-order chi connectivity index (χ0) is 29.5. The van der Waals surface area contributed by atoms with Crippen LogP contribution in [0.25, 0.3) is 5.57 Å². The van der Waals surface area contributed by atoms with E-state index in [0.717, 1.165) is 28.0 Å². The summed E-state index contributed by atoms with van der Waals surface area (Å²) in [5.74, 6) is -0.823. The molecule has 1 spiro atoms. The molecule has 1 fully saturated rings. The van der Waals surface area contributed by atoms with Gasteiger partial charge in [-0.3, -0.25) is 14.4 Å². The minimum Gasteiger partial charge on any atom is -0.454 e. The summed E-state index contributed by atoms with van der Waals surface area (Å²) in [4.78, 5) is 46.4. The minimum atomic E-state index is -1.37. The Morgan fingerprint density at radius 2 is 1.60 bits per heavy atom. The summed E-state index contributed by atoms with van der Waals surface area (Å²) in [5, 5.41) is 3.09. The summed E-state index contributed by atoms with van der Waals surface area (Å²) in [6.45, 7) is 4.13. The van der Waals surface area contributed by atoms with E-state index in [9.17, 15) is 9.59 Å². The van der Waals surface area contributed by atoms with Crippen molar-refractivity contribution in [2.24, 2.45) is 5.92 Å². The van der Waals surface area contributed by atoms with Gasteiger partial charge in [-0.15, -0.1) is 0 Å². The Balaban J connectivity index is 1.43. The number of hydrogen-bond donors (Lipinski definition) is 1. The number of fused-ring (bicyclic) bond motifs is 7. The molecule has 4 heterocycles. The van der Waals surface area contributed by atoms with Crippen LogP contribution in [-0.4, -0.2) is 36.4 Å². The van der Waals surface area contributed by atoms with Crippen LogP contribution in [0, 0.1) is 12.8 Å². The lowest BCUT2D eigenvalue weighted by atomic mass is 9.64. The van der Waals surface area contributed by atoms with E-state index in [1.165, 1.54) is 0 Å². The van der Waals surface area contributed by atoms with Crippen LogP contribution >= 0.6 is 0 Å². The van der Waals surface area contributed by atoms with E-state index in [0.29, 0.717) is 28.3 Å². The molecule has 1 N–H and O–H groups in total. The number of aryl methyl sites for hydroxylation is 1. The highest BCUT2D eigenvalue weighted by molar-refractivity contribution is 6.18. The van der Waals surface area contributed by atoms with Gasteiger partial charge in [0, 0.05) is 28.1 Å². The number of rotatable bonds is 4. The zero-order valence-electron chi connectivity index (χ0n) is 23.7. The lowest BCUT2D eigenvalue weighted by molar-refractivity contribution is -0.121. The van der Waals surface area contributed by atoms with Gasteiger partial charge < -0.3 is 19.7 Å². The highest BCUT2D eigenvalue weighted by Crippen LogP contribution is 2.59. The number of amides is 1. The zero-order valence-corrected chi connectivity index (χ0v) is 23.7. The highest BCUT2D eigenvalue weighted by Gasteiger charge is 2.70. The van der Waals surface area contributed by atoms with Crippen molar-refractivity contribution in [1.29, 1.82) is 0 Å². The molecule has 0 radical (unpaired) electrons. The highest BCUT2D eigenvalue weighted by atomic mass is 16.7. The molecule has 0 unspecified atom stereocenters. The Labute approximate surface area is 248 Å². The number of nitrogens with zero attached hydrogens (tertiary/aromatic N) is 1. The molecular weight excluding hydrogens is 540 g/mol. The van der Waals surface area contributed by atoms with E-state index < -0.39 is 23.4 Å². The van der Waals surface area contributed by atoms with Crippen molar-refractivity contribution >= 4 is 34.4 Å². The van der Waals surface area contributed by atoms with Gasteiger partial charge in [-0.05, 0) is 61.4 Å². The SMILES string of the molecule is CC1=C[C@@H]2N(c3ccc(C)cc31)[C@H](C(=O)c1ccccc1)[C@@H](C(=O)c1ccc3c(c1)OCO3)[C@@]21C(=O)Nc2ccccc21. The standard InChI is InChI=1S/C36H28N2O5/c1-20-12-14-27-24(16-20)21(2)17-30-36(25-10-6-7-11-26(25)37-35(36)41)31(32(38(27)30)34(40)22-8-4-3-5-9-22)33(39)23-13-15-28-29(18-23)43-19-42-28/h3-18,30-32H,19H2,1-2H3,(H,37,41)/t30-,31-,32-,36-/m0/s1. The smallest absolute Gasteiger partial charge is 0.238 e. The number of nitrogens with one attached hydrogen (secondary N) is 1. The maximum Gasteiger partial charge on any atom is 0.238 e. The van der Waals surface area contributed by atoms with E-state index in [-0.39, 0.29) is 24.3 Å². The first-order chi connectivity index (χ1) is 20.9. The maximum atomic E-state index is 15.0. The quantitative estimate of drug-likeness (QED) is 0.306. The number of allylic oxidation sites excluding steroid dienone is 1. The largest absolute Gasteiger partial charge is 0.454 e. The van der Waals surface area contributed by atoms with Crippen molar-refractivity contribution < 1.29 is 23.9 Å². The van der Waals surface area contributed by atoms with E-state index >= 15 is 4.79 Å². The Morgan fingerprint density at radius 1 is 0.837 bits per heavy atom. The van der Waals surface area contributed by atoms with Crippen LogP contribution in [0.5, 0.6) is 11.5 Å². The van der Waals surface area contributed by atoms with Crippen LogP contribution in [0.15, 0.2) is 97.1 Å². The van der Waals surface area contributed by atoms with Crippen molar-refractivity contribution in [3.05, 3.63) is 125 Å². The number of carbonyl (C=O) groups is 3. The second-order valence-corrected chi connectivity index (χ2v) is 11.7. The molecule has 4 aliphatic heterocycles. The van der Waals surface area contributed by atoms with Crippen LogP contribution in [-0.2, 0) is 10.2 Å². The summed E-state index contributed by atoms with van der Waals surface area (Å²) >= 11 is 0. The van der Waals surface area contributed by atoms with E-state index in [4.69, 9.17) is 9.47 Å². The first kappa shape index (κ1) is 25.5.